The van der Waals surface area contributed by atoms with Crippen LogP contribution >= 0.6 is 11.3 Å². The van der Waals surface area contributed by atoms with E-state index < -0.39 is 0 Å². The lowest BCUT2D eigenvalue weighted by atomic mass is 9.90. The Bertz CT molecular complexity index is 531. The lowest BCUT2D eigenvalue weighted by Crippen LogP contribution is -2.29. The van der Waals surface area contributed by atoms with Crippen LogP contribution in [0.3, 0.4) is 0 Å². The van der Waals surface area contributed by atoms with E-state index in [2.05, 4.69) is 41.9 Å². The van der Waals surface area contributed by atoms with Crippen molar-refractivity contribution in [1.29, 1.82) is 0 Å². The van der Waals surface area contributed by atoms with Gasteiger partial charge in [-0.05, 0) is 54.1 Å². The summed E-state index contributed by atoms with van der Waals surface area (Å²) in [7, 11) is 0. The Balaban J connectivity index is 1.89. The lowest BCUT2D eigenvalue weighted by Gasteiger charge is -2.21. The fourth-order valence-electron chi connectivity index (χ4n) is 3.45. The minimum absolute atomic E-state index is 0.715. The van der Waals surface area contributed by atoms with Gasteiger partial charge < -0.3 is 5.32 Å². The quantitative estimate of drug-likeness (QED) is 0.782. The molecule has 2 atom stereocenters. The Morgan fingerprint density at radius 3 is 3.00 bits per heavy atom. The average Bonchev–Trinajstić information content (AvgIpc) is 2.79. The van der Waals surface area contributed by atoms with Crippen molar-refractivity contribution in [3.05, 3.63) is 35.2 Å². The molecule has 2 unspecified atom stereocenters. The van der Waals surface area contributed by atoms with Gasteiger partial charge in [-0.1, -0.05) is 38.0 Å². The summed E-state index contributed by atoms with van der Waals surface area (Å²) >= 11 is 1.91. The SMILES string of the molecule is CCNC1CCCCC(c2cccc3ccsc23)C1. The van der Waals surface area contributed by atoms with E-state index in [0.29, 0.717) is 6.04 Å². The molecule has 19 heavy (non-hydrogen) atoms. The van der Waals surface area contributed by atoms with Gasteiger partial charge in [0.25, 0.3) is 0 Å². The van der Waals surface area contributed by atoms with Gasteiger partial charge >= 0.3 is 0 Å². The molecule has 0 radical (unpaired) electrons. The zero-order valence-electron chi connectivity index (χ0n) is 11.7. The average molecular weight is 273 g/mol. The summed E-state index contributed by atoms with van der Waals surface area (Å²) in [6, 6.07) is 9.80. The summed E-state index contributed by atoms with van der Waals surface area (Å²) in [6.07, 6.45) is 6.79. The molecule has 1 saturated carbocycles. The van der Waals surface area contributed by atoms with E-state index in [0.717, 1.165) is 12.5 Å². The largest absolute Gasteiger partial charge is 0.314 e. The van der Waals surface area contributed by atoms with Crippen molar-refractivity contribution < 1.29 is 0 Å². The highest BCUT2D eigenvalue weighted by Crippen LogP contribution is 2.37. The van der Waals surface area contributed by atoms with Crippen molar-refractivity contribution in [3.63, 3.8) is 0 Å². The number of fused-ring (bicyclic) bond motifs is 1. The van der Waals surface area contributed by atoms with Crippen LogP contribution in [0.1, 0.15) is 50.5 Å². The molecule has 1 nitrogen and oxygen atoms in total. The molecule has 1 aromatic carbocycles. The smallest absolute Gasteiger partial charge is 0.0377 e. The van der Waals surface area contributed by atoms with Crippen LogP contribution in [0.2, 0.25) is 0 Å². The topological polar surface area (TPSA) is 12.0 Å². The number of benzene rings is 1. The van der Waals surface area contributed by atoms with Crippen LogP contribution in [0.25, 0.3) is 10.1 Å². The van der Waals surface area contributed by atoms with Crippen LogP contribution in [0.4, 0.5) is 0 Å². The molecule has 0 saturated heterocycles. The van der Waals surface area contributed by atoms with E-state index in [4.69, 9.17) is 0 Å². The Kier molecular flexibility index (Phi) is 4.19. The van der Waals surface area contributed by atoms with Gasteiger partial charge in [-0.2, -0.15) is 0 Å². The number of hydrogen-bond acceptors (Lipinski definition) is 2. The molecular formula is C17H23NS. The molecule has 0 spiro atoms. The predicted octanol–water partition coefficient (Wildman–Crippen LogP) is 4.93. The van der Waals surface area contributed by atoms with Crippen molar-refractivity contribution in [2.24, 2.45) is 0 Å². The third-order valence-electron chi connectivity index (χ3n) is 4.37. The standard InChI is InChI=1S/C17H23NS/c1-2-18-15-8-4-3-6-14(12-15)16-9-5-7-13-10-11-19-17(13)16/h5,7,9-11,14-15,18H,2-4,6,8,12H2,1H3. The van der Waals surface area contributed by atoms with Crippen LogP contribution in [-0.2, 0) is 0 Å². The summed E-state index contributed by atoms with van der Waals surface area (Å²) in [6.45, 7) is 3.32. The fourth-order valence-corrected chi connectivity index (χ4v) is 4.45. The molecule has 1 aliphatic rings. The Morgan fingerprint density at radius 2 is 2.11 bits per heavy atom. The van der Waals surface area contributed by atoms with Gasteiger partial charge in [0.2, 0.25) is 0 Å². The maximum Gasteiger partial charge on any atom is 0.0377 e. The summed E-state index contributed by atoms with van der Waals surface area (Å²) in [5, 5.41) is 7.32. The molecule has 3 rings (SSSR count). The zero-order valence-corrected chi connectivity index (χ0v) is 12.5. The highest BCUT2D eigenvalue weighted by molar-refractivity contribution is 7.17. The first kappa shape index (κ1) is 13.1. The number of hydrogen-bond donors (Lipinski definition) is 1. The Morgan fingerprint density at radius 1 is 1.21 bits per heavy atom. The Hall–Kier alpha value is -0.860. The molecule has 0 aliphatic heterocycles. The maximum atomic E-state index is 3.67. The number of thiophene rings is 1. The van der Waals surface area contributed by atoms with Crippen molar-refractivity contribution in [1.82, 2.24) is 5.32 Å². The molecule has 1 aliphatic carbocycles. The number of nitrogens with one attached hydrogen (secondary N) is 1. The van der Waals surface area contributed by atoms with Crippen LogP contribution < -0.4 is 5.32 Å². The second kappa shape index (κ2) is 6.06. The molecule has 1 aromatic heterocycles. The molecule has 102 valence electrons. The zero-order chi connectivity index (χ0) is 13.1. The molecule has 2 aromatic rings. The van der Waals surface area contributed by atoms with E-state index in [-0.39, 0.29) is 0 Å². The molecule has 1 fully saturated rings. The second-order valence-electron chi connectivity index (χ2n) is 5.66. The van der Waals surface area contributed by atoms with Crippen LogP contribution in [0, 0.1) is 0 Å². The van der Waals surface area contributed by atoms with Crippen LogP contribution in [0.5, 0.6) is 0 Å². The molecular weight excluding hydrogens is 250 g/mol. The highest BCUT2D eigenvalue weighted by Gasteiger charge is 2.22. The van der Waals surface area contributed by atoms with Crippen LogP contribution in [0.15, 0.2) is 29.6 Å². The first-order chi connectivity index (χ1) is 9.38. The first-order valence-electron chi connectivity index (χ1n) is 7.58. The van der Waals surface area contributed by atoms with Gasteiger partial charge in [0.1, 0.15) is 0 Å². The summed E-state index contributed by atoms with van der Waals surface area (Å²) in [5.41, 5.74) is 1.59. The van der Waals surface area contributed by atoms with E-state index in [1.165, 1.54) is 42.2 Å². The van der Waals surface area contributed by atoms with Gasteiger partial charge in [-0.3, -0.25) is 0 Å². The van der Waals surface area contributed by atoms with E-state index >= 15 is 0 Å². The fraction of sp³-hybridized carbons (Fsp3) is 0.529. The van der Waals surface area contributed by atoms with E-state index in [9.17, 15) is 0 Å². The highest BCUT2D eigenvalue weighted by atomic mass is 32.1. The maximum absolute atomic E-state index is 3.67. The van der Waals surface area contributed by atoms with E-state index in [1.54, 1.807) is 5.56 Å². The third-order valence-corrected chi connectivity index (χ3v) is 5.35. The lowest BCUT2D eigenvalue weighted by molar-refractivity contribution is 0.450. The van der Waals surface area contributed by atoms with Crippen molar-refractivity contribution in [2.45, 2.75) is 51.0 Å². The monoisotopic (exact) mass is 273 g/mol. The summed E-state index contributed by atoms with van der Waals surface area (Å²) < 4.78 is 1.52. The van der Waals surface area contributed by atoms with Crippen molar-refractivity contribution >= 4 is 21.4 Å². The van der Waals surface area contributed by atoms with Crippen molar-refractivity contribution in [3.8, 4) is 0 Å². The second-order valence-corrected chi connectivity index (χ2v) is 6.57. The third kappa shape index (κ3) is 2.85. The van der Waals surface area contributed by atoms with Gasteiger partial charge in [0.15, 0.2) is 0 Å². The van der Waals surface area contributed by atoms with E-state index in [1.807, 2.05) is 11.3 Å². The summed E-state index contributed by atoms with van der Waals surface area (Å²) in [4.78, 5) is 0. The minimum Gasteiger partial charge on any atom is -0.314 e. The number of rotatable bonds is 3. The van der Waals surface area contributed by atoms with Gasteiger partial charge in [0, 0.05) is 10.7 Å². The van der Waals surface area contributed by atoms with Gasteiger partial charge in [-0.15, -0.1) is 11.3 Å². The minimum atomic E-state index is 0.715. The van der Waals surface area contributed by atoms with Gasteiger partial charge in [-0.25, -0.2) is 0 Å². The molecule has 1 heterocycles. The molecule has 2 heteroatoms. The molecule has 0 amide bonds. The normalized spacial score (nSPS) is 24.5. The van der Waals surface area contributed by atoms with Gasteiger partial charge in [0.05, 0.1) is 0 Å². The van der Waals surface area contributed by atoms with Crippen molar-refractivity contribution in [2.75, 3.05) is 6.54 Å². The van der Waals surface area contributed by atoms with Crippen LogP contribution in [-0.4, -0.2) is 12.6 Å². The predicted molar refractivity (Wildman–Crippen MR) is 85.1 cm³/mol. The summed E-state index contributed by atoms with van der Waals surface area (Å²) in [5.74, 6) is 0.744. The molecule has 0 bridgehead atoms. The Labute approximate surface area is 120 Å². The molecule has 1 N–H and O–H groups in total. The first-order valence-corrected chi connectivity index (χ1v) is 8.46.